The number of rotatable bonds is 2. The lowest BCUT2D eigenvalue weighted by atomic mass is 10.0. The molecule has 0 radical (unpaired) electrons. The lowest BCUT2D eigenvalue weighted by molar-refractivity contribution is -0.133. The van der Waals surface area contributed by atoms with Crippen molar-refractivity contribution in [1.82, 2.24) is 5.32 Å². The van der Waals surface area contributed by atoms with Crippen molar-refractivity contribution >= 4 is 40.1 Å². The van der Waals surface area contributed by atoms with Gasteiger partial charge in [-0.3, -0.25) is 14.5 Å². The molecule has 5 heteroatoms. The number of anilines is 1. The van der Waals surface area contributed by atoms with Crippen LogP contribution in [0.4, 0.5) is 5.69 Å². The molecular formula is C13H15IN2O2. The highest BCUT2D eigenvalue weighted by molar-refractivity contribution is 14.1. The molecule has 1 heterocycles. The molecule has 0 spiro atoms. The molecular weight excluding hydrogens is 343 g/mol. The second-order valence-corrected chi connectivity index (χ2v) is 5.48. The van der Waals surface area contributed by atoms with E-state index in [1.54, 1.807) is 11.8 Å². The summed E-state index contributed by atoms with van der Waals surface area (Å²) in [5.74, 6) is -0.130. The Morgan fingerprint density at radius 3 is 2.61 bits per heavy atom. The third-order valence-corrected chi connectivity index (χ3v) is 3.99. The zero-order chi connectivity index (χ0) is 13.3. The van der Waals surface area contributed by atoms with Crippen LogP contribution in [-0.2, 0) is 9.59 Å². The maximum atomic E-state index is 12.3. The van der Waals surface area contributed by atoms with Crippen molar-refractivity contribution in [2.45, 2.75) is 32.4 Å². The molecule has 96 valence electrons. The van der Waals surface area contributed by atoms with Gasteiger partial charge in [0.2, 0.25) is 11.8 Å². The molecule has 1 aromatic rings. The standard InChI is InChI=1S/C13H15IN2O2/c1-3-10-12(17)15-8(2)13(18)16(10)11-7-5-4-6-9(11)14/h4-8,10H,3H2,1-2H3,(H,15,17). The Morgan fingerprint density at radius 2 is 2.00 bits per heavy atom. The monoisotopic (exact) mass is 358 g/mol. The first-order valence-electron chi connectivity index (χ1n) is 5.94. The predicted octanol–water partition coefficient (Wildman–Crippen LogP) is 1.92. The zero-order valence-corrected chi connectivity index (χ0v) is 12.5. The quantitative estimate of drug-likeness (QED) is 0.822. The summed E-state index contributed by atoms with van der Waals surface area (Å²) in [6.45, 7) is 3.63. The van der Waals surface area contributed by atoms with E-state index in [-0.39, 0.29) is 11.8 Å². The van der Waals surface area contributed by atoms with Gasteiger partial charge < -0.3 is 5.32 Å². The molecule has 4 nitrogen and oxygen atoms in total. The van der Waals surface area contributed by atoms with Crippen LogP contribution in [0.3, 0.4) is 0 Å². The topological polar surface area (TPSA) is 49.4 Å². The third kappa shape index (κ3) is 2.23. The van der Waals surface area contributed by atoms with Crippen molar-refractivity contribution in [1.29, 1.82) is 0 Å². The largest absolute Gasteiger partial charge is 0.343 e. The van der Waals surface area contributed by atoms with Gasteiger partial charge in [-0.15, -0.1) is 0 Å². The van der Waals surface area contributed by atoms with E-state index in [2.05, 4.69) is 27.9 Å². The second kappa shape index (κ2) is 5.26. The first-order chi connectivity index (χ1) is 8.56. The minimum Gasteiger partial charge on any atom is -0.343 e. The van der Waals surface area contributed by atoms with Crippen LogP contribution in [0.1, 0.15) is 20.3 Å². The van der Waals surface area contributed by atoms with Gasteiger partial charge in [0.25, 0.3) is 0 Å². The molecule has 0 aliphatic carbocycles. The van der Waals surface area contributed by atoms with Gasteiger partial charge >= 0.3 is 0 Å². The number of nitrogens with one attached hydrogen (secondary N) is 1. The van der Waals surface area contributed by atoms with Crippen LogP contribution in [0.5, 0.6) is 0 Å². The lowest BCUT2D eigenvalue weighted by Gasteiger charge is -2.37. The number of hydrogen-bond acceptors (Lipinski definition) is 2. The smallest absolute Gasteiger partial charge is 0.250 e. The second-order valence-electron chi connectivity index (χ2n) is 4.31. The van der Waals surface area contributed by atoms with E-state index in [1.807, 2.05) is 31.2 Å². The van der Waals surface area contributed by atoms with Gasteiger partial charge in [-0.2, -0.15) is 0 Å². The Balaban J connectivity index is 2.47. The average Bonchev–Trinajstić information content (AvgIpc) is 2.34. The summed E-state index contributed by atoms with van der Waals surface area (Å²) in [5.41, 5.74) is 0.816. The number of halogens is 1. The zero-order valence-electron chi connectivity index (χ0n) is 10.3. The molecule has 0 bridgehead atoms. The number of nitrogens with zero attached hydrogens (tertiary/aromatic N) is 1. The van der Waals surface area contributed by atoms with Crippen LogP contribution in [0, 0.1) is 3.57 Å². The molecule has 1 N–H and O–H groups in total. The van der Waals surface area contributed by atoms with Crippen LogP contribution in [0.15, 0.2) is 24.3 Å². The van der Waals surface area contributed by atoms with Gasteiger partial charge in [0.15, 0.2) is 0 Å². The average molecular weight is 358 g/mol. The summed E-state index contributed by atoms with van der Waals surface area (Å²) in [6.07, 6.45) is 0.606. The van der Waals surface area contributed by atoms with Gasteiger partial charge in [-0.05, 0) is 48.1 Å². The molecule has 2 atom stereocenters. The molecule has 2 rings (SSSR count). The van der Waals surface area contributed by atoms with E-state index in [0.717, 1.165) is 9.26 Å². The van der Waals surface area contributed by atoms with Crippen LogP contribution in [0.2, 0.25) is 0 Å². The first kappa shape index (κ1) is 13.3. The van der Waals surface area contributed by atoms with Gasteiger partial charge in [0.05, 0.1) is 5.69 Å². The summed E-state index contributed by atoms with van der Waals surface area (Å²) in [4.78, 5) is 25.9. The Bertz CT molecular complexity index is 490. The summed E-state index contributed by atoms with van der Waals surface area (Å²) in [7, 11) is 0. The third-order valence-electron chi connectivity index (χ3n) is 3.08. The minimum absolute atomic E-state index is 0.0504. The number of carbonyl (C=O) groups is 2. The number of para-hydroxylation sites is 1. The Hall–Kier alpha value is -1.11. The predicted molar refractivity (Wildman–Crippen MR) is 78.3 cm³/mol. The summed E-state index contributed by atoms with van der Waals surface area (Å²) in [6, 6.07) is 6.75. The maximum Gasteiger partial charge on any atom is 0.250 e. The normalized spacial score (nSPS) is 24.1. The molecule has 1 aliphatic rings. The Kier molecular flexibility index (Phi) is 3.89. The van der Waals surface area contributed by atoms with E-state index in [9.17, 15) is 9.59 Å². The lowest BCUT2D eigenvalue weighted by Crippen LogP contribution is -2.62. The van der Waals surface area contributed by atoms with Crippen LogP contribution >= 0.6 is 22.6 Å². The van der Waals surface area contributed by atoms with E-state index >= 15 is 0 Å². The Labute approximate surface area is 120 Å². The first-order valence-corrected chi connectivity index (χ1v) is 7.02. The van der Waals surface area contributed by atoms with E-state index in [4.69, 9.17) is 0 Å². The summed E-state index contributed by atoms with van der Waals surface area (Å²) >= 11 is 2.19. The van der Waals surface area contributed by atoms with Crippen molar-refractivity contribution in [3.05, 3.63) is 27.8 Å². The van der Waals surface area contributed by atoms with Crippen molar-refractivity contribution in [3.63, 3.8) is 0 Å². The molecule has 0 saturated carbocycles. The number of amides is 2. The number of hydrogen-bond donors (Lipinski definition) is 1. The molecule has 18 heavy (non-hydrogen) atoms. The van der Waals surface area contributed by atoms with Gasteiger partial charge in [-0.25, -0.2) is 0 Å². The molecule has 1 aliphatic heterocycles. The van der Waals surface area contributed by atoms with Crippen molar-refractivity contribution in [3.8, 4) is 0 Å². The van der Waals surface area contributed by atoms with Crippen molar-refractivity contribution < 1.29 is 9.59 Å². The maximum absolute atomic E-state index is 12.3. The highest BCUT2D eigenvalue weighted by Crippen LogP contribution is 2.27. The van der Waals surface area contributed by atoms with E-state index < -0.39 is 12.1 Å². The van der Waals surface area contributed by atoms with Gasteiger partial charge in [0.1, 0.15) is 12.1 Å². The molecule has 1 fully saturated rings. The summed E-state index contributed by atoms with van der Waals surface area (Å²) in [5, 5.41) is 2.72. The Morgan fingerprint density at radius 1 is 1.33 bits per heavy atom. The van der Waals surface area contributed by atoms with Gasteiger partial charge in [0, 0.05) is 3.57 Å². The molecule has 0 aromatic heterocycles. The number of piperazine rings is 1. The van der Waals surface area contributed by atoms with E-state index in [0.29, 0.717) is 6.42 Å². The number of carbonyl (C=O) groups excluding carboxylic acids is 2. The van der Waals surface area contributed by atoms with Crippen molar-refractivity contribution in [2.24, 2.45) is 0 Å². The highest BCUT2D eigenvalue weighted by atomic mass is 127. The van der Waals surface area contributed by atoms with Gasteiger partial charge in [-0.1, -0.05) is 19.1 Å². The molecule has 2 amide bonds. The van der Waals surface area contributed by atoms with Crippen LogP contribution in [0.25, 0.3) is 0 Å². The fourth-order valence-corrected chi connectivity index (χ4v) is 2.80. The van der Waals surface area contributed by atoms with Crippen LogP contribution < -0.4 is 10.2 Å². The highest BCUT2D eigenvalue weighted by Gasteiger charge is 2.38. The minimum atomic E-state index is -0.462. The number of benzene rings is 1. The molecule has 1 saturated heterocycles. The molecule has 2 unspecified atom stereocenters. The summed E-state index contributed by atoms with van der Waals surface area (Å²) < 4.78 is 0.976. The fraction of sp³-hybridized carbons (Fsp3) is 0.385. The van der Waals surface area contributed by atoms with Crippen molar-refractivity contribution in [2.75, 3.05) is 4.90 Å². The van der Waals surface area contributed by atoms with Crippen LogP contribution in [-0.4, -0.2) is 23.9 Å². The SMILES string of the molecule is CCC1C(=O)NC(C)C(=O)N1c1ccccc1I. The van der Waals surface area contributed by atoms with E-state index in [1.165, 1.54) is 0 Å². The molecule has 1 aromatic carbocycles. The fourth-order valence-electron chi connectivity index (χ4n) is 2.15.